The minimum absolute atomic E-state index is 0.0879. The molecule has 0 aliphatic carbocycles. The van der Waals surface area contributed by atoms with Crippen molar-refractivity contribution in [1.29, 1.82) is 5.41 Å². The van der Waals surface area contributed by atoms with Gasteiger partial charge in [-0.3, -0.25) is 10.2 Å². The van der Waals surface area contributed by atoms with Crippen LogP contribution in [0.3, 0.4) is 0 Å². The summed E-state index contributed by atoms with van der Waals surface area (Å²) in [5, 5.41) is 7.33. The van der Waals surface area contributed by atoms with E-state index in [0.717, 1.165) is 6.41 Å². The number of guanidine groups is 1. The lowest BCUT2D eigenvalue weighted by atomic mass is 10.1. The van der Waals surface area contributed by atoms with E-state index in [9.17, 15) is 4.79 Å². The molecule has 0 aromatic heterocycles. The summed E-state index contributed by atoms with van der Waals surface area (Å²) >= 11 is 0. The lowest BCUT2D eigenvalue weighted by molar-refractivity contribution is -0.122. The first kappa shape index (κ1) is 9.83. The fraction of sp³-hybridized carbons (Fsp3) is 0.750. The zero-order valence-electron chi connectivity index (χ0n) is 8.03. The number of nitrogens with zero attached hydrogens (tertiary/aromatic N) is 2. The van der Waals surface area contributed by atoms with E-state index in [1.54, 1.807) is 4.90 Å². The second-order valence-corrected chi connectivity index (χ2v) is 3.54. The van der Waals surface area contributed by atoms with Crippen molar-refractivity contribution in [2.75, 3.05) is 13.1 Å². The minimum Gasteiger partial charge on any atom is -0.370 e. The third-order valence-electron chi connectivity index (χ3n) is 2.48. The van der Waals surface area contributed by atoms with Crippen LogP contribution in [-0.2, 0) is 4.79 Å². The van der Waals surface area contributed by atoms with Crippen molar-refractivity contribution < 1.29 is 4.79 Å². The van der Waals surface area contributed by atoms with Crippen LogP contribution in [0.15, 0.2) is 0 Å². The van der Waals surface area contributed by atoms with Crippen LogP contribution in [0.4, 0.5) is 0 Å². The smallest absolute Gasteiger partial charge is 0.210 e. The lowest BCUT2D eigenvalue weighted by Crippen LogP contribution is -2.58. The summed E-state index contributed by atoms with van der Waals surface area (Å²) < 4.78 is 0. The van der Waals surface area contributed by atoms with E-state index in [4.69, 9.17) is 11.1 Å². The van der Waals surface area contributed by atoms with Crippen molar-refractivity contribution in [2.24, 2.45) is 5.73 Å². The normalized spacial score (nSPS) is 28.8. The molecule has 5 nitrogen and oxygen atoms in total. The quantitative estimate of drug-likeness (QED) is 0.325. The number of amides is 1. The van der Waals surface area contributed by atoms with Gasteiger partial charge in [0.25, 0.3) is 0 Å². The van der Waals surface area contributed by atoms with Crippen LogP contribution in [0.2, 0.25) is 0 Å². The van der Waals surface area contributed by atoms with E-state index in [2.05, 4.69) is 0 Å². The number of nitrogens with one attached hydrogen (secondary N) is 1. The molecule has 0 aromatic carbocycles. The highest BCUT2D eigenvalue weighted by Gasteiger charge is 2.28. The molecule has 1 aliphatic heterocycles. The van der Waals surface area contributed by atoms with E-state index in [0.29, 0.717) is 13.1 Å². The largest absolute Gasteiger partial charge is 0.370 e. The van der Waals surface area contributed by atoms with Crippen molar-refractivity contribution >= 4 is 12.4 Å². The standard InChI is InChI=1S/C8H16N4O/c1-6-4-12(8(9)10)7(2)3-11(6)5-13/h5-7H,3-4H2,1-2H3,(H3,9,10). The third-order valence-corrected chi connectivity index (χ3v) is 2.48. The van der Waals surface area contributed by atoms with Gasteiger partial charge < -0.3 is 15.5 Å². The molecule has 5 heteroatoms. The highest BCUT2D eigenvalue weighted by atomic mass is 16.1. The minimum atomic E-state index is 0.0879. The van der Waals surface area contributed by atoms with Crippen molar-refractivity contribution in [3.8, 4) is 0 Å². The molecule has 0 bridgehead atoms. The Morgan fingerprint density at radius 1 is 1.46 bits per heavy atom. The Hall–Kier alpha value is -1.26. The SMILES string of the molecule is CC1CN(C(=N)N)C(C)CN1C=O. The molecule has 1 heterocycles. The number of nitrogens with two attached hydrogens (primary N) is 1. The average Bonchev–Trinajstić information content (AvgIpc) is 2.07. The molecule has 74 valence electrons. The Labute approximate surface area is 78.0 Å². The van der Waals surface area contributed by atoms with Gasteiger partial charge in [0.2, 0.25) is 6.41 Å². The molecule has 13 heavy (non-hydrogen) atoms. The van der Waals surface area contributed by atoms with Crippen LogP contribution in [0.5, 0.6) is 0 Å². The average molecular weight is 184 g/mol. The molecule has 3 N–H and O–H groups in total. The van der Waals surface area contributed by atoms with E-state index in [1.807, 2.05) is 18.7 Å². The van der Waals surface area contributed by atoms with Gasteiger partial charge in [-0.25, -0.2) is 0 Å². The molecule has 1 amide bonds. The maximum atomic E-state index is 10.6. The molecule has 2 atom stereocenters. The van der Waals surface area contributed by atoms with Gasteiger partial charge >= 0.3 is 0 Å². The van der Waals surface area contributed by atoms with E-state index >= 15 is 0 Å². The summed E-state index contributed by atoms with van der Waals surface area (Å²) in [6, 6.07) is 0.275. The van der Waals surface area contributed by atoms with E-state index < -0.39 is 0 Å². The summed E-state index contributed by atoms with van der Waals surface area (Å²) in [5.74, 6) is 0.0879. The van der Waals surface area contributed by atoms with E-state index in [1.165, 1.54) is 0 Å². The van der Waals surface area contributed by atoms with Crippen molar-refractivity contribution in [3.05, 3.63) is 0 Å². The van der Waals surface area contributed by atoms with Crippen LogP contribution in [0.1, 0.15) is 13.8 Å². The Kier molecular flexibility index (Phi) is 2.75. The van der Waals surface area contributed by atoms with Crippen molar-refractivity contribution in [3.63, 3.8) is 0 Å². The third kappa shape index (κ3) is 1.91. The summed E-state index contributed by atoms with van der Waals surface area (Å²) in [6.45, 7) is 5.21. The number of carbonyl (C=O) groups excluding carboxylic acids is 1. The van der Waals surface area contributed by atoms with Crippen LogP contribution >= 0.6 is 0 Å². The fourth-order valence-corrected chi connectivity index (χ4v) is 1.64. The highest BCUT2D eigenvalue weighted by Crippen LogP contribution is 2.12. The van der Waals surface area contributed by atoms with Crippen LogP contribution in [0, 0.1) is 5.41 Å². The van der Waals surface area contributed by atoms with Gasteiger partial charge in [-0.05, 0) is 13.8 Å². The molecule has 1 rings (SSSR count). The van der Waals surface area contributed by atoms with Gasteiger partial charge in [-0.1, -0.05) is 0 Å². The summed E-state index contributed by atoms with van der Waals surface area (Å²) in [7, 11) is 0. The zero-order valence-corrected chi connectivity index (χ0v) is 8.03. The van der Waals surface area contributed by atoms with Gasteiger partial charge in [0.05, 0.1) is 0 Å². The predicted molar refractivity (Wildman–Crippen MR) is 50.3 cm³/mol. The van der Waals surface area contributed by atoms with Crippen molar-refractivity contribution in [1.82, 2.24) is 9.80 Å². The van der Waals surface area contributed by atoms with Gasteiger partial charge in [-0.15, -0.1) is 0 Å². The van der Waals surface area contributed by atoms with Crippen molar-refractivity contribution in [2.45, 2.75) is 25.9 Å². The second kappa shape index (κ2) is 3.64. The van der Waals surface area contributed by atoms with Gasteiger partial charge in [0.15, 0.2) is 5.96 Å². The first-order chi connectivity index (χ1) is 6.06. The summed E-state index contributed by atoms with van der Waals surface area (Å²) in [5.41, 5.74) is 5.41. The number of piperazine rings is 1. The second-order valence-electron chi connectivity index (χ2n) is 3.54. The molecule has 1 aliphatic rings. The zero-order chi connectivity index (χ0) is 10.0. The van der Waals surface area contributed by atoms with E-state index in [-0.39, 0.29) is 18.0 Å². The Morgan fingerprint density at radius 3 is 2.54 bits per heavy atom. The molecular formula is C8H16N4O. The number of carbonyl (C=O) groups is 1. The summed E-state index contributed by atoms with van der Waals surface area (Å²) in [6.07, 6.45) is 0.860. The molecule has 0 radical (unpaired) electrons. The molecule has 2 unspecified atom stereocenters. The fourth-order valence-electron chi connectivity index (χ4n) is 1.64. The first-order valence-corrected chi connectivity index (χ1v) is 4.38. The molecule has 0 saturated carbocycles. The van der Waals surface area contributed by atoms with Gasteiger partial charge in [-0.2, -0.15) is 0 Å². The maximum Gasteiger partial charge on any atom is 0.210 e. The molecular weight excluding hydrogens is 168 g/mol. The maximum absolute atomic E-state index is 10.6. The first-order valence-electron chi connectivity index (χ1n) is 4.38. The van der Waals surface area contributed by atoms with Crippen LogP contribution in [0.25, 0.3) is 0 Å². The molecule has 0 aromatic rings. The van der Waals surface area contributed by atoms with Gasteiger partial charge in [0, 0.05) is 25.2 Å². The molecule has 1 saturated heterocycles. The topological polar surface area (TPSA) is 73.4 Å². The summed E-state index contributed by atoms with van der Waals surface area (Å²) in [4.78, 5) is 14.2. The highest BCUT2D eigenvalue weighted by molar-refractivity contribution is 5.75. The van der Waals surface area contributed by atoms with Gasteiger partial charge in [0.1, 0.15) is 0 Å². The molecule has 1 fully saturated rings. The number of hydrogen-bond donors (Lipinski definition) is 2. The predicted octanol–water partition coefficient (Wildman–Crippen LogP) is -0.569. The Bertz CT molecular complexity index is 218. The van der Waals surface area contributed by atoms with Crippen LogP contribution < -0.4 is 5.73 Å². The number of hydrogen-bond acceptors (Lipinski definition) is 2. The Balaban J connectivity index is 2.66. The lowest BCUT2D eigenvalue weighted by Gasteiger charge is -2.42. The number of rotatable bonds is 1. The monoisotopic (exact) mass is 184 g/mol. The Morgan fingerprint density at radius 2 is 2.08 bits per heavy atom. The molecule has 0 spiro atoms. The van der Waals surface area contributed by atoms with Crippen LogP contribution in [-0.4, -0.2) is 47.3 Å².